The Bertz CT molecular complexity index is 887. The summed E-state index contributed by atoms with van der Waals surface area (Å²) in [5.41, 5.74) is 5.89. The summed E-state index contributed by atoms with van der Waals surface area (Å²) in [5.74, 6) is -1.89. The van der Waals surface area contributed by atoms with Crippen molar-refractivity contribution in [2.45, 2.75) is 6.42 Å². The van der Waals surface area contributed by atoms with E-state index in [0.717, 1.165) is 0 Å². The summed E-state index contributed by atoms with van der Waals surface area (Å²) in [6.07, 6.45) is 1.91. The lowest BCUT2D eigenvalue weighted by atomic mass is 10.3. The Hall–Kier alpha value is -3.34. The highest BCUT2D eigenvalue weighted by Crippen LogP contribution is 2.15. The number of hydrogen-bond donors (Lipinski definition) is 5. The molecule has 0 aliphatic heterocycles. The van der Waals surface area contributed by atoms with Gasteiger partial charge in [0.25, 0.3) is 11.8 Å². The number of aryl methyl sites for hydroxylation is 2. The zero-order valence-corrected chi connectivity index (χ0v) is 15.4. The van der Waals surface area contributed by atoms with E-state index in [9.17, 15) is 14.4 Å². The number of nitrogens with zero attached hydrogens (tertiary/aromatic N) is 3. The molecule has 0 atom stereocenters. The van der Waals surface area contributed by atoms with Crippen LogP contribution in [0, 0.1) is 0 Å². The van der Waals surface area contributed by atoms with Crippen LogP contribution < -0.4 is 34.2 Å². The van der Waals surface area contributed by atoms with Crippen molar-refractivity contribution >= 4 is 29.3 Å². The number of amides is 2. The Morgan fingerprint density at radius 1 is 1.22 bits per heavy atom. The fraction of sp³-hybridized carbons (Fsp3) is 0.267. The molecule has 0 radical (unpaired) electrons. The summed E-state index contributed by atoms with van der Waals surface area (Å²) < 4.78 is 2.72. The molecule has 0 bridgehead atoms. The lowest BCUT2D eigenvalue weighted by Crippen LogP contribution is -3.00. The molecule has 2 rings (SSSR count). The molecule has 0 aromatic carbocycles. The first-order valence-electron chi connectivity index (χ1n) is 7.59. The maximum atomic E-state index is 12.3. The highest BCUT2D eigenvalue weighted by molar-refractivity contribution is 6.05. The van der Waals surface area contributed by atoms with Crippen LogP contribution in [0.2, 0.25) is 0 Å². The molecule has 27 heavy (non-hydrogen) atoms. The minimum atomic E-state index is -1.23. The van der Waals surface area contributed by atoms with Gasteiger partial charge in [-0.1, -0.05) is 0 Å². The minimum absolute atomic E-state index is 0. The molecule has 11 nitrogen and oxygen atoms in total. The van der Waals surface area contributed by atoms with Gasteiger partial charge in [-0.05, 0) is 6.07 Å². The Morgan fingerprint density at radius 3 is 2.44 bits per heavy atom. The second-order valence-electron chi connectivity index (χ2n) is 5.60. The summed E-state index contributed by atoms with van der Waals surface area (Å²) >= 11 is 0. The highest BCUT2D eigenvalue weighted by atomic mass is 35.5. The smallest absolute Gasteiger partial charge is 0.356 e. The van der Waals surface area contributed by atoms with Crippen molar-refractivity contribution < 1.29 is 37.3 Å². The van der Waals surface area contributed by atoms with Gasteiger partial charge in [0, 0.05) is 32.9 Å². The van der Waals surface area contributed by atoms with Gasteiger partial charge in [0.2, 0.25) is 5.84 Å². The lowest BCUT2D eigenvalue weighted by molar-refractivity contribution is -0.117. The van der Waals surface area contributed by atoms with Crippen LogP contribution in [0.5, 0.6) is 0 Å². The first-order chi connectivity index (χ1) is 12.2. The van der Waals surface area contributed by atoms with Crippen LogP contribution in [-0.2, 0) is 14.1 Å². The summed E-state index contributed by atoms with van der Waals surface area (Å²) in [7, 11) is 3.12. The van der Waals surface area contributed by atoms with Gasteiger partial charge in [0.05, 0.1) is 12.1 Å². The maximum absolute atomic E-state index is 12.3. The van der Waals surface area contributed by atoms with E-state index in [1.165, 1.54) is 23.9 Å². The Labute approximate surface area is 160 Å². The first kappa shape index (κ1) is 21.7. The van der Waals surface area contributed by atoms with Crippen molar-refractivity contribution in [1.29, 1.82) is 0 Å². The average molecular weight is 398 g/mol. The number of rotatable bonds is 7. The minimum Gasteiger partial charge on any atom is -1.00 e. The number of carboxylic acid groups (broad SMARTS) is 1. The highest BCUT2D eigenvalue weighted by Gasteiger charge is 2.19. The van der Waals surface area contributed by atoms with Crippen LogP contribution in [0.15, 0.2) is 18.3 Å². The lowest BCUT2D eigenvalue weighted by Gasteiger charge is -2.03. The van der Waals surface area contributed by atoms with Gasteiger partial charge in [0.1, 0.15) is 11.4 Å². The van der Waals surface area contributed by atoms with Gasteiger partial charge >= 0.3 is 5.97 Å². The van der Waals surface area contributed by atoms with Gasteiger partial charge in [0.15, 0.2) is 5.69 Å². The third-order valence-corrected chi connectivity index (χ3v) is 3.53. The van der Waals surface area contributed by atoms with Gasteiger partial charge in [-0.2, -0.15) is 5.10 Å². The van der Waals surface area contributed by atoms with Gasteiger partial charge in [-0.25, -0.2) is 4.79 Å². The molecule has 0 saturated carbocycles. The molecule has 2 aromatic rings. The third-order valence-electron chi connectivity index (χ3n) is 3.53. The number of nitrogens with two attached hydrogens (primary N) is 2. The normalized spacial score (nSPS) is 10.0. The Kier molecular flexibility index (Phi) is 7.11. The summed E-state index contributed by atoms with van der Waals surface area (Å²) in [4.78, 5) is 35.4. The van der Waals surface area contributed by atoms with Crippen LogP contribution in [-0.4, -0.2) is 49.6 Å². The number of halogens is 1. The molecule has 12 heteroatoms. The number of carbonyl (C=O) groups excluding carboxylic acids is 2. The summed E-state index contributed by atoms with van der Waals surface area (Å²) in [6, 6.07) is 2.67. The molecular formula is C15H20ClN7O4. The molecule has 2 amide bonds. The zero-order valence-electron chi connectivity index (χ0n) is 14.7. The predicted molar refractivity (Wildman–Crippen MR) is 91.6 cm³/mol. The number of nitrogens with one attached hydrogen (secondary N) is 2. The number of carbonyl (C=O) groups is 3. The second kappa shape index (κ2) is 8.85. The molecule has 0 fully saturated rings. The van der Waals surface area contributed by atoms with E-state index in [4.69, 9.17) is 16.2 Å². The van der Waals surface area contributed by atoms with Crippen molar-refractivity contribution in [2.24, 2.45) is 19.8 Å². The fourth-order valence-electron chi connectivity index (χ4n) is 2.25. The van der Waals surface area contributed by atoms with Crippen molar-refractivity contribution in [3.8, 4) is 0 Å². The summed E-state index contributed by atoms with van der Waals surface area (Å²) in [5, 5.41) is 23.3. The van der Waals surface area contributed by atoms with E-state index in [-0.39, 0.29) is 35.5 Å². The van der Waals surface area contributed by atoms with Crippen LogP contribution in [0.1, 0.15) is 37.9 Å². The summed E-state index contributed by atoms with van der Waals surface area (Å²) in [6.45, 7) is 0.293. The first-order valence-corrected chi connectivity index (χ1v) is 7.59. The number of hydrogen-bond acceptors (Lipinski definition) is 4. The zero-order chi connectivity index (χ0) is 19.4. The van der Waals surface area contributed by atoms with Crippen molar-refractivity contribution in [2.75, 3.05) is 11.9 Å². The molecule has 146 valence electrons. The Morgan fingerprint density at radius 2 is 1.89 bits per heavy atom. The van der Waals surface area contributed by atoms with E-state index in [1.807, 2.05) is 0 Å². The molecule has 2 aromatic heterocycles. The quantitative estimate of drug-likeness (QED) is 0.231. The number of anilines is 1. The number of aromatic carboxylic acids is 1. The van der Waals surface area contributed by atoms with Gasteiger partial charge < -0.3 is 32.7 Å². The monoisotopic (exact) mass is 397 g/mol. The topological polar surface area (TPSA) is 170 Å². The molecule has 0 unspecified atom stereocenters. The standard InChI is InChI=1S/C15H19N7O4.ClH/c1-21-7-8(5-10(21)13(23)18-4-3-12(16)17)19-14(24)11-6-9(15(25)26)20-22(11)2;/h5-7H,3-4H2,1-2H3,(H3,16,17)(H,18,23)(H,19,24)(H,25,26);1H. The molecule has 7 N–H and O–H groups in total. The van der Waals surface area contributed by atoms with E-state index < -0.39 is 11.9 Å². The van der Waals surface area contributed by atoms with E-state index >= 15 is 0 Å². The molecule has 0 spiro atoms. The molecule has 0 aliphatic carbocycles. The second-order valence-corrected chi connectivity index (χ2v) is 5.60. The van der Waals surface area contributed by atoms with Crippen LogP contribution in [0.25, 0.3) is 0 Å². The van der Waals surface area contributed by atoms with Crippen molar-refractivity contribution in [1.82, 2.24) is 19.7 Å². The molecule has 0 aliphatic rings. The van der Waals surface area contributed by atoms with Gasteiger partial charge in [-0.15, -0.1) is 0 Å². The molecule has 2 heterocycles. The third kappa shape index (κ3) is 5.31. The van der Waals surface area contributed by atoms with E-state index in [1.54, 1.807) is 17.8 Å². The van der Waals surface area contributed by atoms with Crippen LogP contribution in [0.3, 0.4) is 0 Å². The number of carboxylic acids is 1. The SMILES string of the molecule is Cn1cc(NC(=O)c2cc(C(=O)O)nn2C)cc1C(=O)NCCC(N)=[NH2+].[Cl-]. The van der Waals surface area contributed by atoms with Gasteiger partial charge in [-0.3, -0.25) is 25.4 Å². The largest absolute Gasteiger partial charge is 1.00 e. The number of amidine groups is 1. The van der Waals surface area contributed by atoms with Crippen molar-refractivity contribution in [3.05, 3.63) is 35.4 Å². The van der Waals surface area contributed by atoms with E-state index in [2.05, 4.69) is 15.7 Å². The van der Waals surface area contributed by atoms with Crippen LogP contribution >= 0.6 is 0 Å². The molecule has 0 saturated heterocycles. The Balaban J connectivity index is 0.00000364. The fourth-order valence-corrected chi connectivity index (χ4v) is 2.25. The van der Waals surface area contributed by atoms with E-state index in [0.29, 0.717) is 24.3 Å². The predicted octanol–water partition coefficient (Wildman–Crippen LogP) is -5.05. The average Bonchev–Trinajstić information content (AvgIpc) is 3.10. The molecular weight excluding hydrogens is 378 g/mol. The number of aromatic nitrogens is 3. The maximum Gasteiger partial charge on any atom is 0.356 e. The van der Waals surface area contributed by atoms with Crippen molar-refractivity contribution in [3.63, 3.8) is 0 Å². The van der Waals surface area contributed by atoms with Crippen LogP contribution in [0.4, 0.5) is 5.69 Å².